The molecule has 2 aromatic rings. The van der Waals surface area contributed by atoms with Gasteiger partial charge in [-0.25, -0.2) is 13.6 Å². The predicted octanol–water partition coefficient (Wildman–Crippen LogP) is 5.53. The molecule has 3 amide bonds. The Kier molecular flexibility index (Phi) is 6.51. The third-order valence-corrected chi connectivity index (χ3v) is 6.86. The van der Waals surface area contributed by atoms with Gasteiger partial charge in [-0.2, -0.15) is 13.2 Å². The van der Waals surface area contributed by atoms with Crippen LogP contribution < -0.4 is 5.32 Å². The van der Waals surface area contributed by atoms with E-state index in [4.69, 9.17) is 0 Å². The molecule has 4 rings (SSSR count). The third-order valence-electron chi connectivity index (χ3n) is 6.86. The molecule has 1 spiro atoms. The average Bonchev–Trinajstić information content (AvgIpc) is 2.79. The van der Waals surface area contributed by atoms with Crippen molar-refractivity contribution < 1.29 is 31.5 Å². The number of rotatable bonds is 2. The summed E-state index contributed by atoms with van der Waals surface area (Å²) in [6, 6.07) is 7.24. The molecular formula is C24H24F5N3O2. The second kappa shape index (κ2) is 9.23. The van der Waals surface area contributed by atoms with E-state index in [9.17, 15) is 31.5 Å². The van der Waals surface area contributed by atoms with Crippen LogP contribution >= 0.6 is 0 Å². The molecule has 0 saturated carbocycles. The van der Waals surface area contributed by atoms with E-state index in [1.54, 1.807) is 4.90 Å². The van der Waals surface area contributed by atoms with Gasteiger partial charge < -0.3 is 15.1 Å². The predicted molar refractivity (Wildman–Crippen MR) is 115 cm³/mol. The van der Waals surface area contributed by atoms with E-state index in [0.717, 1.165) is 24.3 Å². The number of halogens is 5. The number of likely N-dealkylation sites (tertiary alicyclic amines) is 2. The topological polar surface area (TPSA) is 52.7 Å². The molecule has 10 heteroatoms. The van der Waals surface area contributed by atoms with Crippen molar-refractivity contribution in [3.05, 3.63) is 65.2 Å². The van der Waals surface area contributed by atoms with Gasteiger partial charge in [-0.05, 0) is 67.5 Å². The van der Waals surface area contributed by atoms with Gasteiger partial charge in [0, 0.05) is 31.9 Å². The van der Waals surface area contributed by atoms with Crippen molar-refractivity contribution in [3.63, 3.8) is 0 Å². The number of amides is 3. The van der Waals surface area contributed by atoms with Gasteiger partial charge in [-0.3, -0.25) is 4.79 Å². The number of hydrogen-bond donors (Lipinski definition) is 1. The van der Waals surface area contributed by atoms with Crippen LogP contribution in [0.1, 0.15) is 41.6 Å². The molecule has 0 aromatic heterocycles. The van der Waals surface area contributed by atoms with Gasteiger partial charge in [0.2, 0.25) is 0 Å². The number of anilines is 1. The zero-order valence-electron chi connectivity index (χ0n) is 18.3. The second-order valence-electron chi connectivity index (χ2n) is 8.88. The molecule has 2 aliphatic heterocycles. The Labute approximate surface area is 193 Å². The monoisotopic (exact) mass is 481 g/mol. The van der Waals surface area contributed by atoms with Crippen LogP contribution in [-0.4, -0.2) is 47.9 Å². The molecule has 182 valence electrons. The quantitative estimate of drug-likeness (QED) is 0.574. The second-order valence-corrected chi connectivity index (χ2v) is 8.88. The number of hydrogen-bond acceptors (Lipinski definition) is 2. The average molecular weight is 481 g/mol. The Morgan fingerprint density at radius 1 is 0.794 bits per heavy atom. The Balaban J connectivity index is 1.29. The molecule has 0 aliphatic carbocycles. The Morgan fingerprint density at radius 3 is 1.79 bits per heavy atom. The molecule has 2 fully saturated rings. The number of urea groups is 1. The first kappa shape index (κ1) is 24.0. The number of piperidine rings is 2. The summed E-state index contributed by atoms with van der Waals surface area (Å²) in [6.45, 7) is 1.71. The fourth-order valence-corrected chi connectivity index (χ4v) is 4.67. The Hall–Kier alpha value is -3.17. The van der Waals surface area contributed by atoms with Gasteiger partial charge in [0.05, 0.1) is 5.56 Å². The highest BCUT2D eigenvalue weighted by atomic mass is 19.4. The molecule has 2 aliphatic rings. The van der Waals surface area contributed by atoms with E-state index < -0.39 is 34.8 Å². The highest BCUT2D eigenvalue weighted by molar-refractivity contribution is 5.94. The van der Waals surface area contributed by atoms with Gasteiger partial charge in [0.25, 0.3) is 5.91 Å². The van der Waals surface area contributed by atoms with Gasteiger partial charge in [-0.15, -0.1) is 0 Å². The highest BCUT2D eigenvalue weighted by Crippen LogP contribution is 2.41. The van der Waals surface area contributed by atoms with Gasteiger partial charge in [0.15, 0.2) is 0 Å². The minimum absolute atomic E-state index is 0.0598. The summed E-state index contributed by atoms with van der Waals surface area (Å²) < 4.78 is 66.0. The lowest BCUT2D eigenvalue weighted by Crippen LogP contribution is -2.50. The summed E-state index contributed by atoms with van der Waals surface area (Å²) in [7, 11) is 0. The van der Waals surface area contributed by atoms with E-state index in [1.807, 2.05) is 0 Å². The fourth-order valence-electron chi connectivity index (χ4n) is 4.67. The molecule has 2 heterocycles. The van der Waals surface area contributed by atoms with Crippen LogP contribution in [0.25, 0.3) is 0 Å². The number of benzene rings is 2. The molecule has 5 nitrogen and oxygen atoms in total. The van der Waals surface area contributed by atoms with E-state index in [2.05, 4.69) is 5.32 Å². The van der Waals surface area contributed by atoms with E-state index in [1.165, 1.54) is 23.1 Å². The minimum atomic E-state index is -4.44. The number of nitrogens with zero attached hydrogens (tertiary/aromatic N) is 2. The lowest BCUT2D eigenvalue weighted by atomic mass is 9.71. The maximum Gasteiger partial charge on any atom is 0.416 e. The van der Waals surface area contributed by atoms with Crippen LogP contribution in [0.15, 0.2) is 42.5 Å². The first-order valence-corrected chi connectivity index (χ1v) is 11.0. The van der Waals surface area contributed by atoms with E-state index >= 15 is 0 Å². The van der Waals surface area contributed by atoms with Gasteiger partial charge in [-0.1, -0.05) is 6.07 Å². The summed E-state index contributed by atoms with van der Waals surface area (Å²) in [4.78, 5) is 28.3. The lowest BCUT2D eigenvalue weighted by molar-refractivity contribution is -0.137. The summed E-state index contributed by atoms with van der Waals surface area (Å²) in [5, 5.41) is 2.63. The maximum absolute atomic E-state index is 14.0. The van der Waals surface area contributed by atoms with Crippen LogP contribution in [0.3, 0.4) is 0 Å². The van der Waals surface area contributed by atoms with Crippen LogP contribution in [0.2, 0.25) is 0 Å². The van der Waals surface area contributed by atoms with Gasteiger partial charge >= 0.3 is 12.2 Å². The normalized spacial score (nSPS) is 18.1. The smallest absolute Gasteiger partial charge is 0.338 e. The maximum atomic E-state index is 14.0. The zero-order chi connectivity index (χ0) is 24.5. The van der Waals surface area contributed by atoms with Crippen LogP contribution in [0.4, 0.5) is 32.4 Å². The minimum Gasteiger partial charge on any atom is -0.338 e. The molecule has 2 aromatic carbocycles. The molecule has 1 N–H and O–H groups in total. The van der Waals surface area contributed by atoms with Gasteiger partial charge in [0.1, 0.15) is 17.2 Å². The van der Waals surface area contributed by atoms with Crippen molar-refractivity contribution in [2.24, 2.45) is 5.41 Å². The third kappa shape index (κ3) is 5.00. The zero-order valence-corrected chi connectivity index (χ0v) is 18.3. The molecule has 34 heavy (non-hydrogen) atoms. The molecular weight excluding hydrogens is 457 g/mol. The summed E-state index contributed by atoms with van der Waals surface area (Å²) >= 11 is 0. The highest BCUT2D eigenvalue weighted by Gasteiger charge is 2.40. The number of alkyl halides is 3. The molecule has 0 unspecified atom stereocenters. The van der Waals surface area contributed by atoms with Crippen molar-refractivity contribution in [2.75, 3.05) is 31.5 Å². The lowest BCUT2D eigenvalue weighted by Gasteiger charge is -2.46. The van der Waals surface area contributed by atoms with Crippen molar-refractivity contribution in [3.8, 4) is 0 Å². The Morgan fingerprint density at radius 2 is 1.29 bits per heavy atom. The van der Waals surface area contributed by atoms with Crippen molar-refractivity contribution in [1.82, 2.24) is 9.80 Å². The molecule has 0 bridgehead atoms. The van der Waals surface area contributed by atoms with E-state index in [0.29, 0.717) is 51.9 Å². The van der Waals surface area contributed by atoms with Crippen LogP contribution in [0.5, 0.6) is 0 Å². The molecule has 0 atom stereocenters. The number of nitrogens with one attached hydrogen (secondary N) is 1. The summed E-state index contributed by atoms with van der Waals surface area (Å²) in [5.74, 6) is -2.41. The standard InChI is InChI=1S/C24H24F5N3O2/c25-18-2-1-3-19(26)20(18)21(33)31-12-8-23(9-13-31)10-14-32(15-11-23)22(34)30-17-6-4-16(5-7-17)24(27,28)29/h1-7H,8-15H2,(H,30,34). The number of carbonyl (C=O) groups excluding carboxylic acids is 2. The summed E-state index contributed by atoms with van der Waals surface area (Å²) in [6.07, 6.45) is -1.67. The van der Waals surface area contributed by atoms with Crippen molar-refractivity contribution in [1.29, 1.82) is 0 Å². The first-order chi connectivity index (χ1) is 16.1. The fraction of sp³-hybridized carbons (Fsp3) is 0.417. The van der Waals surface area contributed by atoms with E-state index in [-0.39, 0.29) is 17.1 Å². The summed E-state index contributed by atoms with van der Waals surface area (Å²) in [5.41, 5.74) is -1.10. The first-order valence-electron chi connectivity index (χ1n) is 11.0. The van der Waals surface area contributed by atoms with Crippen molar-refractivity contribution >= 4 is 17.6 Å². The molecule has 2 saturated heterocycles. The van der Waals surface area contributed by atoms with Crippen LogP contribution in [-0.2, 0) is 6.18 Å². The number of carbonyl (C=O) groups is 2. The molecule has 0 radical (unpaired) electrons. The largest absolute Gasteiger partial charge is 0.416 e. The SMILES string of the molecule is O=C(Nc1ccc(C(F)(F)F)cc1)N1CCC2(CC1)CCN(C(=O)c1c(F)cccc1F)CC2. The Bertz CT molecular complexity index is 1030. The van der Waals surface area contributed by atoms with Crippen LogP contribution in [0, 0.1) is 17.0 Å². The van der Waals surface area contributed by atoms with Crippen molar-refractivity contribution in [2.45, 2.75) is 31.9 Å².